The lowest BCUT2D eigenvalue weighted by atomic mass is 9.95. The van der Waals surface area contributed by atoms with E-state index in [9.17, 15) is 9.59 Å². The second-order valence-corrected chi connectivity index (χ2v) is 7.60. The highest BCUT2D eigenvalue weighted by atomic mass is 16.5. The number of carbonyl (C=O) groups excluding carboxylic acids is 1. The first-order valence-corrected chi connectivity index (χ1v) is 8.82. The standard InChI is InChI=1S/C21H26N2O4/c1-21(2,3)14-23(13-12-15-8-10-16(27-4)11-9-15)19(24)17-6-5-7-18(22-17)20(25)26/h5-11H,12-14H2,1-4H3,(H,25,26). The summed E-state index contributed by atoms with van der Waals surface area (Å²) in [6.45, 7) is 7.23. The molecule has 0 aliphatic rings. The van der Waals surface area contributed by atoms with E-state index in [1.54, 1.807) is 24.1 Å². The Morgan fingerprint density at radius 3 is 2.26 bits per heavy atom. The van der Waals surface area contributed by atoms with Crippen LogP contribution in [0.3, 0.4) is 0 Å². The van der Waals surface area contributed by atoms with E-state index in [1.165, 1.54) is 6.07 Å². The van der Waals surface area contributed by atoms with E-state index >= 15 is 0 Å². The van der Waals surface area contributed by atoms with Crippen molar-refractivity contribution in [2.45, 2.75) is 27.2 Å². The zero-order valence-electron chi connectivity index (χ0n) is 16.2. The van der Waals surface area contributed by atoms with Crippen LogP contribution in [0.4, 0.5) is 0 Å². The number of carboxylic acids is 1. The number of aromatic nitrogens is 1. The Hall–Kier alpha value is -2.89. The Bertz CT molecular complexity index is 795. The first-order valence-electron chi connectivity index (χ1n) is 8.82. The van der Waals surface area contributed by atoms with E-state index in [1.807, 2.05) is 24.3 Å². The Morgan fingerprint density at radius 2 is 1.70 bits per heavy atom. The molecule has 0 saturated heterocycles. The first-order chi connectivity index (χ1) is 12.7. The third kappa shape index (κ3) is 6.09. The fourth-order valence-corrected chi connectivity index (χ4v) is 2.72. The maximum Gasteiger partial charge on any atom is 0.354 e. The van der Waals surface area contributed by atoms with E-state index in [2.05, 4.69) is 25.8 Å². The van der Waals surface area contributed by atoms with Crippen molar-refractivity contribution in [3.05, 3.63) is 59.4 Å². The molecule has 6 heteroatoms. The molecule has 0 spiro atoms. The van der Waals surface area contributed by atoms with Gasteiger partial charge in [-0.1, -0.05) is 39.0 Å². The van der Waals surface area contributed by atoms with Crippen LogP contribution in [0.2, 0.25) is 0 Å². The van der Waals surface area contributed by atoms with E-state index < -0.39 is 5.97 Å². The van der Waals surface area contributed by atoms with Crippen molar-refractivity contribution in [2.24, 2.45) is 5.41 Å². The van der Waals surface area contributed by atoms with Gasteiger partial charge in [0.15, 0.2) is 0 Å². The van der Waals surface area contributed by atoms with Gasteiger partial charge in [0.25, 0.3) is 5.91 Å². The highest BCUT2D eigenvalue weighted by Crippen LogP contribution is 2.18. The molecule has 144 valence electrons. The van der Waals surface area contributed by atoms with Crippen LogP contribution in [0.5, 0.6) is 5.75 Å². The molecule has 27 heavy (non-hydrogen) atoms. The normalized spacial score (nSPS) is 11.1. The van der Waals surface area contributed by atoms with Crippen molar-refractivity contribution < 1.29 is 19.4 Å². The molecular weight excluding hydrogens is 344 g/mol. The van der Waals surface area contributed by atoms with Gasteiger partial charge in [-0.3, -0.25) is 4.79 Å². The van der Waals surface area contributed by atoms with Gasteiger partial charge in [0.2, 0.25) is 0 Å². The summed E-state index contributed by atoms with van der Waals surface area (Å²) in [4.78, 5) is 29.8. The molecule has 0 bridgehead atoms. The quantitative estimate of drug-likeness (QED) is 0.807. The average molecular weight is 370 g/mol. The average Bonchev–Trinajstić information content (AvgIpc) is 2.64. The summed E-state index contributed by atoms with van der Waals surface area (Å²) in [6.07, 6.45) is 0.685. The molecule has 2 aromatic rings. The number of carboxylic acid groups (broad SMARTS) is 1. The van der Waals surface area contributed by atoms with Gasteiger partial charge in [-0.15, -0.1) is 0 Å². The molecule has 2 rings (SSSR count). The molecule has 0 aliphatic heterocycles. The number of methoxy groups -OCH3 is 1. The SMILES string of the molecule is COc1ccc(CCN(CC(C)(C)C)C(=O)c2cccc(C(=O)O)n2)cc1. The fourth-order valence-electron chi connectivity index (χ4n) is 2.72. The first kappa shape index (κ1) is 20.4. The smallest absolute Gasteiger partial charge is 0.354 e. The van der Waals surface area contributed by atoms with Gasteiger partial charge in [-0.2, -0.15) is 0 Å². The monoisotopic (exact) mass is 370 g/mol. The van der Waals surface area contributed by atoms with Crippen LogP contribution < -0.4 is 4.74 Å². The van der Waals surface area contributed by atoms with Crippen LogP contribution in [0, 0.1) is 5.41 Å². The van der Waals surface area contributed by atoms with Crippen molar-refractivity contribution in [3.63, 3.8) is 0 Å². The zero-order valence-corrected chi connectivity index (χ0v) is 16.2. The number of hydrogen-bond acceptors (Lipinski definition) is 4. The van der Waals surface area contributed by atoms with E-state index in [0.29, 0.717) is 19.5 Å². The van der Waals surface area contributed by atoms with Crippen molar-refractivity contribution >= 4 is 11.9 Å². The zero-order chi connectivity index (χ0) is 20.0. The summed E-state index contributed by atoms with van der Waals surface area (Å²) in [6, 6.07) is 12.2. The number of benzene rings is 1. The Labute approximate surface area is 159 Å². The van der Waals surface area contributed by atoms with Gasteiger partial charge in [0.05, 0.1) is 7.11 Å². The number of rotatable bonds is 7. The predicted octanol–water partition coefficient (Wildman–Crippen LogP) is 3.52. The summed E-state index contributed by atoms with van der Waals surface area (Å²) < 4.78 is 5.17. The molecule has 1 amide bonds. The van der Waals surface area contributed by atoms with Crippen LogP contribution in [0.1, 0.15) is 47.3 Å². The number of pyridine rings is 1. The third-order valence-corrected chi connectivity index (χ3v) is 3.97. The molecule has 0 fully saturated rings. The number of hydrogen-bond donors (Lipinski definition) is 1. The van der Waals surface area contributed by atoms with Gasteiger partial charge in [-0.25, -0.2) is 9.78 Å². The molecular formula is C21H26N2O4. The minimum atomic E-state index is -1.15. The molecule has 1 aromatic carbocycles. The number of aromatic carboxylic acids is 1. The van der Waals surface area contributed by atoms with Crippen molar-refractivity contribution in [1.29, 1.82) is 0 Å². The molecule has 0 radical (unpaired) electrons. The lowest BCUT2D eigenvalue weighted by Crippen LogP contribution is -2.39. The lowest BCUT2D eigenvalue weighted by Gasteiger charge is -2.30. The van der Waals surface area contributed by atoms with E-state index in [0.717, 1.165) is 11.3 Å². The molecule has 0 aliphatic carbocycles. The van der Waals surface area contributed by atoms with Crippen molar-refractivity contribution in [1.82, 2.24) is 9.88 Å². The maximum absolute atomic E-state index is 13.0. The summed E-state index contributed by atoms with van der Waals surface area (Å²) in [5.41, 5.74) is 1.01. The predicted molar refractivity (Wildman–Crippen MR) is 103 cm³/mol. The molecule has 0 atom stereocenters. The number of ether oxygens (including phenoxy) is 1. The van der Waals surface area contributed by atoms with Crippen molar-refractivity contribution in [2.75, 3.05) is 20.2 Å². The van der Waals surface area contributed by atoms with Gasteiger partial charge < -0.3 is 14.7 Å². The molecule has 0 saturated carbocycles. The second-order valence-electron chi connectivity index (χ2n) is 7.60. The number of amides is 1. The minimum Gasteiger partial charge on any atom is -0.497 e. The Morgan fingerprint density at radius 1 is 1.07 bits per heavy atom. The molecule has 6 nitrogen and oxygen atoms in total. The van der Waals surface area contributed by atoms with Crippen LogP contribution >= 0.6 is 0 Å². The second kappa shape index (κ2) is 8.66. The van der Waals surface area contributed by atoms with E-state index in [-0.39, 0.29) is 22.7 Å². The molecule has 1 aromatic heterocycles. The summed E-state index contributed by atoms with van der Waals surface area (Å²) in [5.74, 6) is -0.622. The van der Waals surface area contributed by atoms with Crippen LogP contribution in [-0.4, -0.2) is 47.1 Å². The van der Waals surface area contributed by atoms with Gasteiger partial charge in [-0.05, 0) is 41.7 Å². The third-order valence-electron chi connectivity index (χ3n) is 3.97. The van der Waals surface area contributed by atoms with Crippen LogP contribution in [0.15, 0.2) is 42.5 Å². The number of nitrogens with zero attached hydrogens (tertiary/aromatic N) is 2. The van der Waals surface area contributed by atoms with E-state index in [4.69, 9.17) is 9.84 Å². The van der Waals surface area contributed by atoms with Crippen molar-refractivity contribution in [3.8, 4) is 5.75 Å². The highest BCUT2D eigenvalue weighted by Gasteiger charge is 2.23. The van der Waals surface area contributed by atoms with Gasteiger partial charge in [0.1, 0.15) is 17.1 Å². The van der Waals surface area contributed by atoms with Gasteiger partial charge >= 0.3 is 5.97 Å². The minimum absolute atomic E-state index is 0.0972. The largest absolute Gasteiger partial charge is 0.497 e. The molecule has 1 N–H and O–H groups in total. The number of carbonyl (C=O) groups is 2. The van der Waals surface area contributed by atoms with Crippen LogP contribution in [-0.2, 0) is 6.42 Å². The summed E-state index contributed by atoms with van der Waals surface area (Å²) in [5, 5.41) is 9.11. The summed E-state index contributed by atoms with van der Waals surface area (Å²) >= 11 is 0. The topological polar surface area (TPSA) is 79.7 Å². The highest BCUT2D eigenvalue weighted by molar-refractivity contribution is 5.94. The molecule has 0 unspecified atom stereocenters. The van der Waals surface area contributed by atoms with Crippen LogP contribution in [0.25, 0.3) is 0 Å². The Balaban J connectivity index is 2.18. The fraction of sp³-hybridized carbons (Fsp3) is 0.381. The summed E-state index contributed by atoms with van der Waals surface area (Å²) in [7, 11) is 1.62. The maximum atomic E-state index is 13.0. The lowest BCUT2D eigenvalue weighted by molar-refractivity contribution is 0.0683. The Kier molecular flexibility index (Phi) is 6.55. The van der Waals surface area contributed by atoms with Gasteiger partial charge in [0, 0.05) is 13.1 Å². The molecule has 1 heterocycles.